The van der Waals surface area contributed by atoms with Crippen LogP contribution in [0.2, 0.25) is 0 Å². The van der Waals surface area contributed by atoms with E-state index < -0.39 is 36.4 Å². The van der Waals surface area contributed by atoms with Crippen molar-refractivity contribution in [2.45, 2.75) is 37.9 Å². The zero-order valence-corrected chi connectivity index (χ0v) is 23.6. The minimum atomic E-state index is -5.08. The van der Waals surface area contributed by atoms with Gasteiger partial charge < -0.3 is 25.0 Å². The zero-order valence-electron chi connectivity index (χ0n) is 23.6. The fraction of sp³-hybridized carbons (Fsp3) is 0.500. The van der Waals surface area contributed by atoms with Gasteiger partial charge in [0.25, 0.3) is 0 Å². The summed E-state index contributed by atoms with van der Waals surface area (Å²) in [6.45, 7) is 6.84. The number of halogens is 9. The molecule has 4 rings (SSSR count). The van der Waals surface area contributed by atoms with Crippen molar-refractivity contribution < 1.29 is 74.0 Å². The van der Waals surface area contributed by atoms with Crippen LogP contribution in [0, 0.1) is 5.41 Å². The molecule has 2 aromatic rings. The maximum atomic E-state index is 10.6. The normalized spacial score (nSPS) is 18.8. The molecule has 2 aromatic heterocycles. The van der Waals surface area contributed by atoms with Crippen molar-refractivity contribution in [1.29, 1.82) is 0 Å². The molecule has 0 aliphatic carbocycles. The number of hydrogen-bond acceptors (Lipinski definition) is 8. The Kier molecular flexibility index (Phi) is 15.1. The van der Waals surface area contributed by atoms with Gasteiger partial charge in [0, 0.05) is 50.2 Å². The fourth-order valence-electron chi connectivity index (χ4n) is 4.20. The van der Waals surface area contributed by atoms with Crippen molar-refractivity contribution in [3.05, 3.63) is 54.6 Å². The molecule has 0 aromatic carbocycles. The van der Waals surface area contributed by atoms with Crippen LogP contribution in [0.1, 0.15) is 18.4 Å². The van der Waals surface area contributed by atoms with E-state index in [1.54, 1.807) is 0 Å². The largest absolute Gasteiger partial charge is 0.490 e. The van der Waals surface area contributed by atoms with Gasteiger partial charge in [-0.25, -0.2) is 14.4 Å². The number of hydrogen-bond donors (Lipinski definition) is 3. The standard InChI is InChI=1S/C20H26N4O.3C2HF3O2/c1-4-18(12-21-7-1)14-23-9-3-6-20(15-23)16-24(10-11-25-17-20)19-5-2-8-22-13-19;3*3-2(4,5)1(6)7/h1-2,4-5,7-8,12-13H,3,6,9-11,14-17H2;3*(H,6,7). The minimum Gasteiger partial charge on any atom is -0.475 e. The SMILES string of the molecule is O=C(O)C(F)(F)F.O=C(O)C(F)(F)F.O=C(O)C(F)(F)F.c1cncc(CN2CCCC3(COCCN(c4cccnc4)C3)C2)c1. The molecule has 2 aliphatic rings. The second-order valence-corrected chi connectivity index (χ2v) is 9.77. The van der Waals surface area contributed by atoms with E-state index in [1.165, 1.54) is 24.1 Å². The van der Waals surface area contributed by atoms with Crippen LogP contribution >= 0.6 is 0 Å². The first-order valence-corrected chi connectivity index (χ1v) is 12.9. The molecule has 2 aliphatic heterocycles. The average Bonchev–Trinajstić information content (AvgIpc) is 3.16. The van der Waals surface area contributed by atoms with E-state index >= 15 is 0 Å². The first-order valence-electron chi connectivity index (χ1n) is 12.9. The molecule has 4 heterocycles. The number of carbonyl (C=O) groups is 3. The monoisotopic (exact) mass is 680 g/mol. The summed E-state index contributed by atoms with van der Waals surface area (Å²) in [5.41, 5.74) is 2.70. The highest BCUT2D eigenvalue weighted by Gasteiger charge is 2.40. The second kappa shape index (κ2) is 17.5. The summed E-state index contributed by atoms with van der Waals surface area (Å²) in [7, 11) is 0. The molecular formula is C26H29F9N4O7. The summed E-state index contributed by atoms with van der Waals surface area (Å²) in [4.78, 5) is 40.3. The molecule has 3 N–H and O–H groups in total. The van der Waals surface area contributed by atoms with Crippen molar-refractivity contribution in [2.75, 3.05) is 44.3 Å². The Labute approximate surface area is 255 Å². The van der Waals surface area contributed by atoms with Gasteiger partial charge in [0.1, 0.15) is 0 Å². The number of aliphatic carboxylic acids is 3. The van der Waals surface area contributed by atoms with Crippen LogP contribution in [0.5, 0.6) is 0 Å². The lowest BCUT2D eigenvalue weighted by molar-refractivity contribution is -0.193. The predicted molar refractivity (Wildman–Crippen MR) is 140 cm³/mol. The summed E-state index contributed by atoms with van der Waals surface area (Å²) in [6.07, 6.45) is -5.17. The molecular weight excluding hydrogens is 651 g/mol. The molecule has 46 heavy (non-hydrogen) atoms. The Balaban J connectivity index is 0.000000413. The van der Waals surface area contributed by atoms with Crippen LogP contribution in [-0.4, -0.2) is 106 Å². The maximum Gasteiger partial charge on any atom is 0.490 e. The van der Waals surface area contributed by atoms with Gasteiger partial charge in [-0.3, -0.25) is 14.9 Å². The van der Waals surface area contributed by atoms with Crippen LogP contribution in [0.3, 0.4) is 0 Å². The zero-order chi connectivity index (χ0) is 35.2. The first kappa shape index (κ1) is 39.8. The van der Waals surface area contributed by atoms with Crippen molar-refractivity contribution in [2.24, 2.45) is 5.41 Å². The summed E-state index contributed by atoms with van der Waals surface area (Å²) >= 11 is 0. The molecule has 0 bridgehead atoms. The lowest BCUT2D eigenvalue weighted by atomic mass is 9.80. The first-order chi connectivity index (χ1) is 21.2. The van der Waals surface area contributed by atoms with E-state index in [1.807, 2.05) is 36.9 Å². The van der Waals surface area contributed by atoms with Crippen LogP contribution in [0.15, 0.2) is 49.1 Å². The Morgan fingerprint density at radius 2 is 1.28 bits per heavy atom. The number of pyridine rings is 2. The molecule has 11 nitrogen and oxygen atoms in total. The smallest absolute Gasteiger partial charge is 0.475 e. The summed E-state index contributed by atoms with van der Waals surface area (Å²) in [6, 6.07) is 8.36. The van der Waals surface area contributed by atoms with E-state index in [0.29, 0.717) is 0 Å². The number of alkyl halides is 9. The number of aromatic nitrogens is 2. The molecule has 2 fully saturated rings. The molecule has 0 amide bonds. The van der Waals surface area contributed by atoms with Crippen LogP contribution in [-0.2, 0) is 25.7 Å². The number of ether oxygens (including phenoxy) is 1. The lowest BCUT2D eigenvalue weighted by Gasteiger charge is -2.44. The number of nitrogens with zero attached hydrogens (tertiary/aromatic N) is 4. The molecule has 0 saturated carbocycles. The predicted octanol–water partition coefficient (Wildman–Crippen LogP) is 4.50. The van der Waals surface area contributed by atoms with Crippen LogP contribution in [0.25, 0.3) is 0 Å². The summed E-state index contributed by atoms with van der Waals surface area (Å²) < 4.78 is 101. The number of rotatable bonds is 3. The van der Waals surface area contributed by atoms with Crippen molar-refractivity contribution >= 4 is 23.6 Å². The van der Waals surface area contributed by atoms with Gasteiger partial charge in [-0.1, -0.05) is 6.07 Å². The molecule has 258 valence electrons. The summed E-state index contributed by atoms with van der Waals surface area (Å²) in [5, 5.41) is 21.4. The van der Waals surface area contributed by atoms with Crippen molar-refractivity contribution in [3.8, 4) is 0 Å². The van der Waals surface area contributed by atoms with Gasteiger partial charge in [-0.05, 0) is 43.1 Å². The quantitative estimate of drug-likeness (QED) is 0.393. The van der Waals surface area contributed by atoms with Gasteiger partial charge in [-0.2, -0.15) is 39.5 Å². The molecule has 1 spiro atoms. The Morgan fingerprint density at radius 1 is 0.783 bits per heavy atom. The van der Waals surface area contributed by atoms with E-state index in [0.717, 1.165) is 45.9 Å². The Bertz CT molecular complexity index is 1180. The molecule has 20 heteroatoms. The maximum absolute atomic E-state index is 10.6. The number of likely N-dealkylation sites (tertiary alicyclic amines) is 1. The average molecular weight is 681 g/mol. The van der Waals surface area contributed by atoms with E-state index in [-0.39, 0.29) is 5.41 Å². The lowest BCUT2D eigenvalue weighted by Crippen LogP contribution is -2.50. The van der Waals surface area contributed by atoms with Crippen LogP contribution < -0.4 is 4.90 Å². The van der Waals surface area contributed by atoms with Gasteiger partial charge in [-0.15, -0.1) is 0 Å². The summed E-state index contributed by atoms with van der Waals surface area (Å²) in [5.74, 6) is -8.27. The van der Waals surface area contributed by atoms with Crippen molar-refractivity contribution in [1.82, 2.24) is 14.9 Å². The molecule has 0 radical (unpaired) electrons. The number of carboxylic acid groups (broad SMARTS) is 3. The highest BCUT2D eigenvalue weighted by molar-refractivity contribution is 5.73. The Morgan fingerprint density at radius 3 is 1.72 bits per heavy atom. The molecule has 1 atom stereocenters. The highest BCUT2D eigenvalue weighted by Crippen LogP contribution is 2.35. The van der Waals surface area contributed by atoms with E-state index in [9.17, 15) is 39.5 Å². The van der Waals surface area contributed by atoms with Gasteiger partial charge in [0.2, 0.25) is 0 Å². The van der Waals surface area contributed by atoms with Gasteiger partial charge >= 0.3 is 36.4 Å². The molecule has 1 unspecified atom stereocenters. The second-order valence-electron chi connectivity index (χ2n) is 9.77. The van der Waals surface area contributed by atoms with Crippen LogP contribution in [0.4, 0.5) is 45.2 Å². The van der Waals surface area contributed by atoms with Crippen molar-refractivity contribution in [3.63, 3.8) is 0 Å². The topological polar surface area (TPSA) is 153 Å². The number of anilines is 1. The highest BCUT2D eigenvalue weighted by atomic mass is 19.4. The Hall–Kier alpha value is -4.20. The van der Waals surface area contributed by atoms with E-state index in [2.05, 4.69) is 31.9 Å². The fourth-order valence-corrected chi connectivity index (χ4v) is 4.20. The molecule has 2 saturated heterocycles. The third kappa shape index (κ3) is 15.2. The van der Waals surface area contributed by atoms with Gasteiger partial charge in [0.05, 0.1) is 25.1 Å². The van der Waals surface area contributed by atoms with Gasteiger partial charge in [0.15, 0.2) is 0 Å². The third-order valence-corrected chi connectivity index (χ3v) is 6.05. The van der Waals surface area contributed by atoms with E-state index in [4.69, 9.17) is 34.4 Å². The minimum absolute atomic E-state index is 0.201. The number of piperidine rings is 1. The third-order valence-electron chi connectivity index (χ3n) is 6.05. The number of carboxylic acids is 3.